The van der Waals surface area contributed by atoms with Crippen molar-refractivity contribution in [2.24, 2.45) is 11.7 Å². The first kappa shape index (κ1) is 23.6. The predicted molar refractivity (Wildman–Crippen MR) is 114 cm³/mol. The largest absolute Gasteiger partial charge is 0.388 e. The number of nitrogens with zero attached hydrogens (tertiary/aromatic N) is 3. The van der Waals surface area contributed by atoms with Crippen LogP contribution in [0, 0.1) is 11.7 Å². The van der Waals surface area contributed by atoms with Gasteiger partial charge in [-0.3, -0.25) is 14.3 Å². The molecule has 0 radical (unpaired) electrons. The maximum Gasteiger partial charge on any atom is 0.252 e. The molecule has 0 saturated heterocycles. The van der Waals surface area contributed by atoms with Gasteiger partial charge in [-0.1, -0.05) is 11.6 Å². The van der Waals surface area contributed by atoms with E-state index in [2.05, 4.69) is 5.10 Å². The third-order valence-electron chi connectivity index (χ3n) is 6.28. The molecular weight excluding hydrogens is 461 g/mol. The number of rotatable bonds is 5. The van der Waals surface area contributed by atoms with Crippen LogP contribution in [0.5, 0.6) is 0 Å². The summed E-state index contributed by atoms with van der Waals surface area (Å²) in [5.74, 6) is -4.94. The molecule has 1 fully saturated rings. The molecule has 11 heteroatoms. The molecule has 0 spiro atoms. The standard InChI is InChI=1S/C22H24ClF3N4O3/c1-21(2,33)16-10-29(17(31)5-11-7-22(25,26)8-11)9-15-18(20(27)32)19(28-30(15)16)12-3-4-14(24)13(23)6-12/h3-4,6,11,16,33H,5,7-10H2,1-2H3,(H2,27,32)/t16-/m0/s1. The third kappa shape index (κ3) is 4.46. The highest BCUT2D eigenvalue weighted by Crippen LogP contribution is 2.44. The van der Waals surface area contributed by atoms with Crippen molar-refractivity contribution in [2.45, 2.75) is 57.2 Å². The molecular formula is C22H24ClF3N4O3. The summed E-state index contributed by atoms with van der Waals surface area (Å²) in [5, 5.41) is 15.1. The van der Waals surface area contributed by atoms with E-state index in [0.29, 0.717) is 11.3 Å². The Morgan fingerprint density at radius 3 is 2.55 bits per heavy atom. The van der Waals surface area contributed by atoms with Crippen molar-refractivity contribution >= 4 is 23.4 Å². The van der Waals surface area contributed by atoms with E-state index in [9.17, 15) is 27.9 Å². The quantitative estimate of drug-likeness (QED) is 0.677. The summed E-state index contributed by atoms with van der Waals surface area (Å²) >= 11 is 5.90. The van der Waals surface area contributed by atoms with Crippen molar-refractivity contribution in [3.63, 3.8) is 0 Å². The van der Waals surface area contributed by atoms with E-state index in [4.69, 9.17) is 17.3 Å². The number of hydrogen-bond acceptors (Lipinski definition) is 4. The molecule has 1 atom stereocenters. The summed E-state index contributed by atoms with van der Waals surface area (Å²) in [6.45, 7) is 3.13. The van der Waals surface area contributed by atoms with Crippen LogP contribution in [-0.2, 0) is 11.3 Å². The third-order valence-corrected chi connectivity index (χ3v) is 6.57. The van der Waals surface area contributed by atoms with Crippen molar-refractivity contribution in [3.8, 4) is 11.3 Å². The molecule has 178 valence electrons. The zero-order chi connectivity index (χ0) is 24.3. The van der Waals surface area contributed by atoms with Crippen LogP contribution >= 0.6 is 11.6 Å². The number of aliphatic hydroxyl groups is 1. The Balaban J connectivity index is 1.74. The second-order valence-electron chi connectivity index (χ2n) is 9.39. The molecule has 1 aromatic heterocycles. The van der Waals surface area contributed by atoms with Gasteiger partial charge in [-0.05, 0) is 38.0 Å². The zero-order valence-electron chi connectivity index (χ0n) is 18.1. The van der Waals surface area contributed by atoms with E-state index in [1.165, 1.54) is 21.7 Å². The van der Waals surface area contributed by atoms with Crippen molar-refractivity contribution < 1.29 is 27.9 Å². The van der Waals surface area contributed by atoms with Gasteiger partial charge in [0.2, 0.25) is 11.8 Å². The summed E-state index contributed by atoms with van der Waals surface area (Å²) < 4.78 is 41.5. The molecule has 1 aliphatic heterocycles. The lowest BCUT2D eigenvalue weighted by atomic mass is 9.79. The fourth-order valence-corrected chi connectivity index (χ4v) is 4.71. The number of benzene rings is 1. The van der Waals surface area contributed by atoms with E-state index >= 15 is 0 Å². The number of aromatic nitrogens is 2. The fourth-order valence-electron chi connectivity index (χ4n) is 4.53. The van der Waals surface area contributed by atoms with Crippen LogP contribution < -0.4 is 5.73 Å². The molecule has 7 nitrogen and oxygen atoms in total. The summed E-state index contributed by atoms with van der Waals surface area (Å²) in [4.78, 5) is 26.8. The van der Waals surface area contributed by atoms with Crippen LogP contribution in [-0.4, -0.2) is 49.7 Å². The SMILES string of the molecule is CC(C)(O)[C@@H]1CN(C(=O)CC2CC(F)(F)C2)Cc2c(C(N)=O)c(-c3ccc(F)c(Cl)c3)nn21. The highest BCUT2D eigenvalue weighted by molar-refractivity contribution is 6.31. The molecule has 2 aliphatic rings. The first-order chi connectivity index (χ1) is 15.3. The Kier molecular flexibility index (Phi) is 5.73. The monoisotopic (exact) mass is 484 g/mol. The van der Waals surface area contributed by atoms with Gasteiger partial charge < -0.3 is 15.7 Å². The topological polar surface area (TPSA) is 101 Å². The van der Waals surface area contributed by atoms with Gasteiger partial charge in [0.15, 0.2) is 0 Å². The summed E-state index contributed by atoms with van der Waals surface area (Å²) in [6, 6.07) is 3.12. The van der Waals surface area contributed by atoms with Gasteiger partial charge in [0.1, 0.15) is 11.5 Å². The lowest BCUT2D eigenvalue weighted by molar-refractivity contribution is -0.145. The van der Waals surface area contributed by atoms with Gasteiger partial charge in [-0.25, -0.2) is 13.2 Å². The molecule has 0 unspecified atom stereocenters. The van der Waals surface area contributed by atoms with E-state index < -0.39 is 35.2 Å². The Labute approximate surface area is 193 Å². The molecule has 1 aromatic carbocycles. The Hall–Kier alpha value is -2.59. The minimum atomic E-state index is -2.73. The highest BCUT2D eigenvalue weighted by atomic mass is 35.5. The Bertz CT molecular complexity index is 1120. The van der Waals surface area contributed by atoms with Crippen molar-refractivity contribution in [1.29, 1.82) is 0 Å². The number of hydrogen-bond donors (Lipinski definition) is 2. The minimum absolute atomic E-state index is 0.0274. The molecule has 0 bridgehead atoms. The van der Waals surface area contributed by atoms with E-state index in [1.54, 1.807) is 13.8 Å². The number of amides is 2. The number of primary amides is 1. The maximum atomic E-state index is 13.7. The van der Waals surface area contributed by atoms with Gasteiger partial charge in [-0.15, -0.1) is 0 Å². The number of fused-ring (bicyclic) bond motifs is 1. The number of carbonyl (C=O) groups excluding carboxylic acids is 2. The molecule has 2 aromatic rings. The lowest BCUT2D eigenvalue weighted by Crippen LogP contribution is -2.50. The first-order valence-electron chi connectivity index (χ1n) is 10.5. The average Bonchev–Trinajstić information content (AvgIpc) is 3.06. The van der Waals surface area contributed by atoms with E-state index in [0.717, 1.165) is 6.07 Å². The van der Waals surface area contributed by atoms with Gasteiger partial charge in [0, 0.05) is 31.4 Å². The second-order valence-corrected chi connectivity index (χ2v) is 9.79. The summed E-state index contributed by atoms with van der Waals surface area (Å²) in [5.41, 5.74) is 5.14. The molecule has 1 saturated carbocycles. The van der Waals surface area contributed by atoms with Crippen LogP contribution in [0.2, 0.25) is 5.02 Å². The van der Waals surface area contributed by atoms with Crippen LogP contribution in [0.25, 0.3) is 11.3 Å². The van der Waals surface area contributed by atoms with Crippen molar-refractivity contribution in [2.75, 3.05) is 6.54 Å². The number of carbonyl (C=O) groups is 2. The minimum Gasteiger partial charge on any atom is -0.388 e. The Morgan fingerprint density at radius 2 is 2.00 bits per heavy atom. The molecule has 4 rings (SSSR count). The highest BCUT2D eigenvalue weighted by Gasteiger charge is 2.47. The predicted octanol–water partition coefficient (Wildman–Crippen LogP) is 3.53. The maximum absolute atomic E-state index is 13.7. The smallest absolute Gasteiger partial charge is 0.252 e. The van der Waals surface area contributed by atoms with Crippen LogP contribution in [0.1, 0.15) is 55.2 Å². The molecule has 3 N–H and O–H groups in total. The normalized spacial score (nSPS) is 20.3. The fraction of sp³-hybridized carbons (Fsp3) is 0.500. The van der Waals surface area contributed by atoms with Gasteiger partial charge >= 0.3 is 0 Å². The lowest BCUT2D eigenvalue weighted by Gasteiger charge is -2.41. The number of halogens is 4. The average molecular weight is 485 g/mol. The molecule has 2 heterocycles. The summed E-state index contributed by atoms with van der Waals surface area (Å²) in [7, 11) is 0. The molecule has 1 aliphatic carbocycles. The van der Waals surface area contributed by atoms with E-state index in [1.807, 2.05) is 0 Å². The zero-order valence-corrected chi connectivity index (χ0v) is 18.9. The first-order valence-corrected chi connectivity index (χ1v) is 10.9. The van der Waals surface area contributed by atoms with Crippen molar-refractivity contribution in [1.82, 2.24) is 14.7 Å². The van der Waals surface area contributed by atoms with Gasteiger partial charge in [0.05, 0.1) is 34.5 Å². The Morgan fingerprint density at radius 1 is 1.33 bits per heavy atom. The number of nitrogens with two attached hydrogens (primary N) is 1. The molecule has 33 heavy (non-hydrogen) atoms. The van der Waals surface area contributed by atoms with Crippen molar-refractivity contribution in [3.05, 3.63) is 40.3 Å². The molecule has 2 amide bonds. The van der Waals surface area contributed by atoms with E-state index in [-0.39, 0.29) is 54.5 Å². The summed E-state index contributed by atoms with van der Waals surface area (Å²) in [6.07, 6.45) is -0.711. The van der Waals surface area contributed by atoms with Crippen LogP contribution in [0.4, 0.5) is 13.2 Å². The van der Waals surface area contributed by atoms with Crippen LogP contribution in [0.3, 0.4) is 0 Å². The van der Waals surface area contributed by atoms with Crippen LogP contribution in [0.15, 0.2) is 18.2 Å². The second kappa shape index (κ2) is 8.02. The number of alkyl halides is 2. The van der Waals surface area contributed by atoms with Gasteiger partial charge in [-0.2, -0.15) is 5.10 Å². The van der Waals surface area contributed by atoms with Gasteiger partial charge in [0.25, 0.3) is 5.91 Å².